The third kappa shape index (κ3) is 2.01. The molecule has 0 aliphatic heterocycles. The van der Waals surface area contributed by atoms with Gasteiger partial charge in [0.1, 0.15) is 0 Å². The number of amides is 1. The molecule has 0 radical (unpaired) electrons. The molecule has 0 unspecified atom stereocenters. The fourth-order valence-corrected chi connectivity index (χ4v) is 3.57. The summed E-state index contributed by atoms with van der Waals surface area (Å²) in [6, 6.07) is 8.16. The normalized spacial score (nSPS) is 17.7. The van der Waals surface area contributed by atoms with Crippen molar-refractivity contribution in [3.8, 4) is 0 Å². The monoisotopic (exact) mass is 260 g/mol. The largest absolute Gasteiger partial charge is 0.319 e. The van der Waals surface area contributed by atoms with Crippen LogP contribution in [-0.4, -0.2) is 10.5 Å². The van der Waals surface area contributed by atoms with Crippen molar-refractivity contribution in [1.82, 2.24) is 4.57 Å². The third-order valence-electron chi connectivity index (χ3n) is 3.63. The molecule has 1 heterocycles. The van der Waals surface area contributed by atoms with Crippen molar-refractivity contribution in [2.45, 2.75) is 25.7 Å². The number of aromatic nitrogens is 1. The van der Waals surface area contributed by atoms with Crippen molar-refractivity contribution in [3.63, 3.8) is 0 Å². The van der Waals surface area contributed by atoms with Gasteiger partial charge in [-0.15, -0.1) is 0 Å². The zero-order valence-corrected chi connectivity index (χ0v) is 11.2. The second kappa shape index (κ2) is 4.69. The van der Waals surface area contributed by atoms with Crippen molar-refractivity contribution in [1.29, 1.82) is 0 Å². The van der Waals surface area contributed by atoms with Gasteiger partial charge in [0.15, 0.2) is 4.80 Å². The molecule has 0 atom stereocenters. The minimum absolute atomic E-state index is 0.0645. The molecular weight excluding hydrogens is 244 g/mol. The van der Waals surface area contributed by atoms with E-state index in [1.807, 2.05) is 23.7 Å². The molecule has 1 aromatic carbocycles. The highest BCUT2D eigenvalue weighted by Gasteiger charge is 2.22. The number of para-hydroxylation sites is 1. The smallest absolute Gasteiger partial charge is 0.251 e. The van der Waals surface area contributed by atoms with Gasteiger partial charge in [0.05, 0.1) is 10.2 Å². The Morgan fingerprint density at radius 1 is 1.33 bits per heavy atom. The summed E-state index contributed by atoms with van der Waals surface area (Å²) in [6.45, 7) is 0. The van der Waals surface area contributed by atoms with Gasteiger partial charge in [0.2, 0.25) is 0 Å². The van der Waals surface area contributed by atoms with E-state index in [2.05, 4.69) is 17.1 Å². The fourth-order valence-electron chi connectivity index (χ4n) is 2.55. The zero-order chi connectivity index (χ0) is 12.5. The van der Waals surface area contributed by atoms with E-state index in [-0.39, 0.29) is 11.8 Å². The lowest BCUT2D eigenvalue weighted by atomic mass is 10.1. The Balaban J connectivity index is 2.03. The SMILES string of the molecule is Cn1c(=NC(=O)C2CCCC2)sc2ccccc21. The van der Waals surface area contributed by atoms with Gasteiger partial charge >= 0.3 is 0 Å². The molecule has 1 fully saturated rings. The summed E-state index contributed by atoms with van der Waals surface area (Å²) in [5, 5.41) is 0. The van der Waals surface area contributed by atoms with Crippen LogP contribution in [-0.2, 0) is 11.8 Å². The Bertz CT molecular complexity index is 647. The molecule has 4 heteroatoms. The molecule has 0 N–H and O–H groups in total. The summed E-state index contributed by atoms with van der Waals surface area (Å²) in [5.74, 6) is 0.227. The van der Waals surface area contributed by atoms with E-state index in [0.29, 0.717) is 0 Å². The molecule has 3 rings (SSSR count). The highest BCUT2D eigenvalue weighted by molar-refractivity contribution is 7.16. The maximum Gasteiger partial charge on any atom is 0.251 e. The molecule has 0 saturated heterocycles. The van der Waals surface area contributed by atoms with Crippen molar-refractivity contribution >= 4 is 27.5 Å². The van der Waals surface area contributed by atoms with Crippen molar-refractivity contribution in [3.05, 3.63) is 29.1 Å². The molecule has 1 aliphatic carbocycles. The molecule has 1 saturated carbocycles. The van der Waals surface area contributed by atoms with Crippen LogP contribution in [0.5, 0.6) is 0 Å². The minimum atomic E-state index is 0.0645. The van der Waals surface area contributed by atoms with Crippen LogP contribution in [0.25, 0.3) is 10.2 Å². The van der Waals surface area contributed by atoms with Gasteiger partial charge in [-0.3, -0.25) is 4.79 Å². The van der Waals surface area contributed by atoms with E-state index in [1.165, 1.54) is 17.5 Å². The third-order valence-corrected chi connectivity index (χ3v) is 4.74. The molecule has 18 heavy (non-hydrogen) atoms. The van der Waals surface area contributed by atoms with Crippen LogP contribution in [0.1, 0.15) is 25.7 Å². The highest BCUT2D eigenvalue weighted by Crippen LogP contribution is 2.25. The summed E-state index contributed by atoms with van der Waals surface area (Å²) >= 11 is 1.59. The molecule has 1 aromatic heterocycles. The van der Waals surface area contributed by atoms with Gasteiger partial charge < -0.3 is 4.57 Å². The number of aryl methyl sites for hydroxylation is 1. The lowest BCUT2D eigenvalue weighted by Gasteiger charge is -2.01. The first-order valence-electron chi connectivity index (χ1n) is 6.39. The minimum Gasteiger partial charge on any atom is -0.319 e. The van der Waals surface area contributed by atoms with Crippen molar-refractivity contribution in [2.24, 2.45) is 18.0 Å². The highest BCUT2D eigenvalue weighted by atomic mass is 32.1. The molecule has 94 valence electrons. The maximum atomic E-state index is 12.1. The average Bonchev–Trinajstić information content (AvgIpc) is 3.00. The first-order valence-corrected chi connectivity index (χ1v) is 7.20. The molecule has 3 nitrogen and oxygen atoms in total. The first kappa shape index (κ1) is 11.7. The van der Waals surface area contributed by atoms with Gasteiger partial charge in [-0.1, -0.05) is 36.3 Å². The molecular formula is C14H16N2OS. The van der Waals surface area contributed by atoms with E-state index >= 15 is 0 Å². The lowest BCUT2D eigenvalue weighted by molar-refractivity contribution is -0.121. The van der Waals surface area contributed by atoms with Crippen molar-refractivity contribution in [2.75, 3.05) is 0 Å². The Kier molecular flexibility index (Phi) is 3.04. The lowest BCUT2D eigenvalue weighted by Crippen LogP contribution is -2.17. The number of thiazole rings is 1. The Morgan fingerprint density at radius 3 is 2.78 bits per heavy atom. The van der Waals surface area contributed by atoms with Gasteiger partial charge in [-0.05, 0) is 25.0 Å². The summed E-state index contributed by atoms with van der Waals surface area (Å²) in [6.07, 6.45) is 4.36. The van der Waals surface area contributed by atoms with Crippen LogP contribution in [0, 0.1) is 5.92 Å². The number of rotatable bonds is 1. The second-order valence-corrected chi connectivity index (χ2v) is 5.85. The Morgan fingerprint density at radius 2 is 2.06 bits per heavy atom. The first-order chi connectivity index (χ1) is 8.75. The number of fused-ring (bicyclic) bond motifs is 1. The quantitative estimate of drug-likeness (QED) is 0.776. The number of benzene rings is 1. The van der Waals surface area contributed by atoms with E-state index in [0.717, 1.165) is 23.2 Å². The standard InChI is InChI=1S/C14H16N2OS/c1-16-11-8-4-5-9-12(11)18-14(16)15-13(17)10-6-2-3-7-10/h4-5,8-10H,2-3,6-7H2,1H3. The van der Waals surface area contributed by atoms with Crippen molar-refractivity contribution < 1.29 is 4.79 Å². The molecule has 2 aromatic rings. The topological polar surface area (TPSA) is 34.4 Å². The average molecular weight is 260 g/mol. The number of hydrogen-bond acceptors (Lipinski definition) is 2. The number of hydrogen-bond donors (Lipinski definition) is 0. The van der Waals surface area contributed by atoms with Crippen LogP contribution in [0.2, 0.25) is 0 Å². The Labute approximate surface area is 110 Å². The summed E-state index contributed by atoms with van der Waals surface area (Å²) in [4.78, 5) is 17.2. The van der Waals surface area contributed by atoms with E-state index < -0.39 is 0 Å². The van der Waals surface area contributed by atoms with Gasteiger partial charge in [-0.25, -0.2) is 0 Å². The van der Waals surface area contributed by atoms with Gasteiger partial charge in [0.25, 0.3) is 5.91 Å². The molecule has 0 spiro atoms. The second-order valence-electron chi connectivity index (χ2n) is 4.84. The summed E-state index contributed by atoms with van der Waals surface area (Å²) in [7, 11) is 1.97. The Hall–Kier alpha value is -1.42. The molecule has 1 amide bonds. The van der Waals surface area contributed by atoms with Gasteiger partial charge in [0, 0.05) is 13.0 Å². The number of nitrogens with zero attached hydrogens (tertiary/aromatic N) is 2. The molecule has 0 bridgehead atoms. The van der Waals surface area contributed by atoms with Crippen LogP contribution in [0.15, 0.2) is 29.3 Å². The summed E-state index contributed by atoms with van der Waals surface area (Å²) in [5.41, 5.74) is 1.14. The number of carbonyl (C=O) groups excluding carboxylic acids is 1. The predicted octanol–water partition coefficient (Wildman–Crippen LogP) is 2.86. The maximum absolute atomic E-state index is 12.1. The van der Waals surface area contributed by atoms with Crippen LogP contribution in [0.4, 0.5) is 0 Å². The van der Waals surface area contributed by atoms with Gasteiger partial charge in [-0.2, -0.15) is 4.99 Å². The molecule has 1 aliphatic rings. The van der Waals surface area contributed by atoms with E-state index in [9.17, 15) is 4.79 Å². The van der Waals surface area contributed by atoms with E-state index in [4.69, 9.17) is 0 Å². The number of carbonyl (C=O) groups is 1. The van der Waals surface area contributed by atoms with E-state index in [1.54, 1.807) is 11.3 Å². The fraction of sp³-hybridized carbons (Fsp3) is 0.429. The van der Waals surface area contributed by atoms with Crippen LogP contribution < -0.4 is 4.80 Å². The summed E-state index contributed by atoms with van der Waals surface area (Å²) < 4.78 is 3.19. The predicted molar refractivity (Wildman–Crippen MR) is 73.3 cm³/mol. The zero-order valence-electron chi connectivity index (χ0n) is 10.4. The van der Waals surface area contributed by atoms with Crippen LogP contribution in [0.3, 0.4) is 0 Å². The van der Waals surface area contributed by atoms with Crippen LogP contribution >= 0.6 is 11.3 Å².